The summed E-state index contributed by atoms with van der Waals surface area (Å²) in [5, 5.41) is 15.7. The molecule has 1 saturated heterocycles. The van der Waals surface area contributed by atoms with Crippen LogP contribution in [0.15, 0.2) is 42.9 Å². The molecule has 6 rings (SSSR count). The topological polar surface area (TPSA) is 94.6 Å². The molecule has 2 aromatic carbocycles. The van der Waals surface area contributed by atoms with Crippen LogP contribution in [0.1, 0.15) is 37.2 Å². The van der Waals surface area contributed by atoms with Crippen molar-refractivity contribution >= 4 is 40.1 Å². The third-order valence-electron chi connectivity index (χ3n) is 7.92. The molecule has 2 aliphatic heterocycles. The number of fused-ring (bicyclic) bond motifs is 2. The number of halogens is 3. The van der Waals surface area contributed by atoms with Gasteiger partial charge in [-0.05, 0) is 43.5 Å². The van der Waals surface area contributed by atoms with Crippen LogP contribution in [0.2, 0.25) is 10.0 Å². The second-order valence-corrected chi connectivity index (χ2v) is 11.5. The third kappa shape index (κ3) is 5.73. The Labute approximate surface area is 252 Å². The fourth-order valence-electron chi connectivity index (χ4n) is 5.72. The summed E-state index contributed by atoms with van der Waals surface area (Å²) in [6.45, 7) is 5.21. The van der Waals surface area contributed by atoms with E-state index in [0.29, 0.717) is 44.5 Å². The number of hydrogen-bond donors (Lipinski definition) is 1. The minimum atomic E-state index is -1.03. The van der Waals surface area contributed by atoms with E-state index in [1.807, 2.05) is 24.3 Å². The fraction of sp³-hybridized carbons (Fsp3) is 0.433. The first-order chi connectivity index (χ1) is 20.3. The van der Waals surface area contributed by atoms with Gasteiger partial charge < -0.3 is 19.1 Å². The molecule has 12 heteroatoms. The second kappa shape index (κ2) is 12.2. The van der Waals surface area contributed by atoms with Gasteiger partial charge in [0, 0.05) is 48.9 Å². The lowest BCUT2D eigenvalue weighted by atomic mass is 10.0. The van der Waals surface area contributed by atoms with Gasteiger partial charge in [-0.25, -0.2) is 14.2 Å². The third-order valence-corrected chi connectivity index (χ3v) is 8.62. The Bertz CT molecular complexity index is 1580. The van der Waals surface area contributed by atoms with Crippen molar-refractivity contribution in [3.8, 4) is 16.9 Å². The molecule has 0 amide bonds. The number of carbonyl (C=O) groups excluding carboxylic acids is 1. The summed E-state index contributed by atoms with van der Waals surface area (Å²) in [6, 6.07) is 8.36. The Morgan fingerprint density at radius 1 is 1.21 bits per heavy atom. The number of carbonyl (C=O) groups is 1. The molecule has 2 atom stereocenters. The first-order valence-electron chi connectivity index (χ1n) is 14.2. The molecule has 0 spiro atoms. The lowest BCUT2D eigenvalue weighted by molar-refractivity contribution is -0.146. The van der Waals surface area contributed by atoms with Crippen LogP contribution in [-0.2, 0) is 22.5 Å². The smallest absolute Gasteiger partial charge is 0.337 e. The Hall–Kier alpha value is -3.18. The van der Waals surface area contributed by atoms with E-state index in [-0.39, 0.29) is 25.7 Å². The van der Waals surface area contributed by atoms with Gasteiger partial charge >= 0.3 is 5.97 Å². The molecule has 0 radical (unpaired) electrons. The number of imidazole rings is 1. The number of piperidine rings is 1. The SMILES string of the molecule is CCOC(=O)C(c1ncn2c1C[C@@H](F)C2)n1cc2c(Cl)cc(-c3ccc(OCCN4CCC(O)CC4)cc3)c(Cl)c2n1. The number of alkyl halides is 1. The van der Waals surface area contributed by atoms with Crippen LogP contribution in [0.3, 0.4) is 0 Å². The maximum absolute atomic E-state index is 14.2. The van der Waals surface area contributed by atoms with Crippen molar-refractivity contribution in [1.82, 2.24) is 24.2 Å². The predicted molar refractivity (Wildman–Crippen MR) is 158 cm³/mol. The molecule has 4 aromatic rings. The highest BCUT2D eigenvalue weighted by Crippen LogP contribution is 2.39. The number of benzene rings is 2. The number of likely N-dealkylation sites (tertiary alicyclic amines) is 1. The van der Waals surface area contributed by atoms with Gasteiger partial charge in [-0.3, -0.25) is 9.58 Å². The van der Waals surface area contributed by atoms with Crippen LogP contribution in [0, 0.1) is 0 Å². The zero-order valence-corrected chi connectivity index (χ0v) is 24.7. The molecule has 0 aliphatic carbocycles. The standard InChI is InChI=1S/C30H32Cl2FN5O4/c1-2-41-30(40)29(28-25-13-19(33)15-37(25)17-34-28)38-16-23-24(31)14-22(26(32)27(23)35-38)18-3-5-21(6-4-18)42-12-11-36-9-7-20(39)8-10-36/h3-6,14,16-17,19-20,29,39H,2,7-13,15H2,1H3/t19-,29?/m1/s1. The first-order valence-corrected chi connectivity index (χ1v) is 14.9. The number of aliphatic hydroxyl groups is 1. The molecule has 1 N–H and O–H groups in total. The summed E-state index contributed by atoms with van der Waals surface area (Å²) in [6.07, 6.45) is 3.75. The average Bonchev–Trinajstić information content (AvgIpc) is 3.68. The van der Waals surface area contributed by atoms with Gasteiger partial charge in [-0.2, -0.15) is 5.10 Å². The summed E-state index contributed by atoms with van der Waals surface area (Å²) in [5.41, 5.74) is 3.00. The lowest BCUT2D eigenvalue weighted by Crippen LogP contribution is -2.38. The highest BCUT2D eigenvalue weighted by atomic mass is 35.5. The molecule has 0 saturated carbocycles. The second-order valence-electron chi connectivity index (χ2n) is 10.7. The van der Waals surface area contributed by atoms with E-state index < -0.39 is 18.2 Å². The summed E-state index contributed by atoms with van der Waals surface area (Å²) in [5.74, 6) is 0.193. The molecule has 42 heavy (non-hydrogen) atoms. The Morgan fingerprint density at radius 2 is 1.98 bits per heavy atom. The maximum atomic E-state index is 14.2. The van der Waals surface area contributed by atoms with Crippen molar-refractivity contribution in [3.05, 3.63) is 64.3 Å². The van der Waals surface area contributed by atoms with E-state index in [4.69, 9.17) is 32.7 Å². The van der Waals surface area contributed by atoms with Crippen molar-refractivity contribution < 1.29 is 23.8 Å². The quantitative estimate of drug-likeness (QED) is 0.262. The minimum Gasteiger partial charge on any atom is -0.492 e. The minimum absolute atomic E-state index is 0.166. The van der Waals surface area contributed by atoms with Crippen molar-refractivity contribution in [2.45, 2.75) is 51.0 Å². The number of hydrogen-bond acceptors (Lipinski definition) is 7. The van der Waals surface area contributed by atoms with E-state index in [1.165, 1.54) is 4.68 Å². The van der Waals surface area contributed by atoms with Crippen molar-refractivity contribution in [3.63, 3.8) is 0 Å². The van der Waals surface area contributed by atoms with Crippen molar-refractivity contribution in [2.75, 3.05) is 32.8 Å². The molecule has 2 aliphatic rings. The summed E-state index contributed by atoms with van der Waals surface area (Å²) in [4.78, 5) is 19.9. The first kappa shape index (κ1) is 28.9. The number of ether oxygens (including phenoxy) is 2. The van der Waals surface area contributed by atoms with E-state index in [1.54, 1.807) is 30.1 Å². The number of esters is 1. The molecular weight excluding hydrogens is 584 g/mol. The van der Waals surface area contributed by atoms with Gasteiger partial charge in [0.15, 0.2) is 6.04 Å². The van der Waals surface area contributed by atoms with Crippen LogP contribution < -0.4 is 4.74 Å². The van der Waals surface area contributed by atoms with Gasteiger partial charge in [0.25, 0.3) is 0 Å². The van der Waals surface area contributed by atoms with Gasteiger partial charge in [0.2, 0.25) is 0 Å². The Kier molecular flexibility index (Phi) is 8.40. The average molecular weight is 617 g/mol. The molecule has 4 heterocycles. The van der Waals surface area contributed by atoms with Crippen molar-refractivity contribution in [2.24, 2.45) is 0 Å². The van der Waals surface area contributed by atoms with E-state index in [9.17, 15) is 14.3 Å². The van der Waals surface area contributed by atoms with E-state index in [2.05, 4.69) is 15.0 Å². The molecule has 0 bridgehead atoms. The van der Waals surface area contributed by atoms with Crippen LogP contribution in [0.25, 0.3) is 22.0 Å². The van der Waals surface area contributed by atoms with Gasteiger partial charge in [-0.15, -0.1) is 0 Å². The maximum Gasteiger partial charge on any atom is 0.337 e. The zero-order chi connectivity index (χ0) is 29.4. The van der Waals surface area contributed by atoms with E-state index >= 15 is 0 Å². The van der Waals surface area contributed by atoms with Crippen molar-refractivity contribution in [1.29, 1.82) is 0 Å². The summed E-state index contributed by atoms with van der Waals surface area (Å²) >= 11 is 13.6. The number of nitrogens with zero attached hydrogens (tertiary/aromatic N) is 5. The molecule has 1 unspecified atom stereocenters. The molecule has 1 fully saturated rings. The zero-order valence-electron chi connectivity index (χ0n) is 23.2. The molecular formula is C30H32Cl2FN5O4. The van der Waals surface area contributed by atoms with Crippen LogP contribution >= 0.6 is 23.2 Å². The highest BCUT2D eigenvalue weighted by molar-refractivity contribution is 6.42. The molecule has 222 valence electrons. The predicted octanol–water partition coefficient (Wildman–Crippen LogP) is 5.09. The Balaban J connectivity index is 1.25. The number of rotatable bonds is 9. The van der Waals surface area contributed by atoms with Crippen LogP contribution in [-0.4, -0.2) is 80.4 Å². The summed E-state index contributed by atoms with van der Waals surface area (Å²) in [7, 11) is 0. The van der Waals surface area contributed by atoms with Crippen LogP contribution in [0.4, 0.5) is 4.39 Å². The Morgan fingerprint density at radius 3 is 2.71 bits per heavy atom. The molecule has 2 aromatic heterocycles. The van der Waals surface area contributed by atoms with Gasteiger partial charge in [0.1, 0.15) is 24.0 Å². The van der Waals surface area contributed by atoms with Gasteiger partial charge in [-0.1, -0.05) is 35.3 Å². The van der Waals surface area contributed by atoms with Gasteiger partial charge in [0.05, 0.1) is 41.3 Å². The summed E-state index contributed by atoms with van der Waals surface area (Å²) < 4.78 is 28.6. The number of aliphatic hydroxyl groups excluding tert-OH is 1. The van der Waals surface area contributed by atoms with E-state index in [0.717, 1.165) is 43.8 Å². The fourth-order valence-corrected chi connectivity index (χ4v) is 6.27. The highest BCUT2D eigenvalue weighted by Gasteiger charge is 2.35. The van der Waals surface area contributed by atoms with Crippen LogP contribution in [0.5, 0.6) is 5.75 Å². The monoisotopic (exact) mass is 615 g/mol. The lowest BCUT2D eigenvalue weighted by Gasteiger charge is -2.29. The molecule has 9 nitrogen and oxygen atoms in total. The largest absolute Gasteiger partial charge is 0.492 e. The number of aromatic nitrogens is 4. The normalized spacial score (nSPS) is 18.4.